The van der Waals surface area contributed by atoms with Gasteiger partial charge in [-0.2, -0.15) is 0 Å². The summed E-state index contributed by atoms with van der Waals surface area (Å²) in [6.07, 6.45) is 5.95. The van der Waals surface area contributed by atoms with Gasteiger partial charge in [0.1, 0.15) is 0 Å². The molecule has 0 unspecified atom stereocenters. The molecule has 0 bridgehead atoms. The van der Waals surface area contributed by atoms with Gasteiger partial charge in [-0.05, 0) is 25.0 Å². The maximum absolute atomic E-state index is 12.0. The Morgan fingerprint density at radius 2 is 2.36 bits per heavy atom. The molecule has 0 N–H and O–H groups in total. The second kappa shape index (κ2) is 7.01. The fourth-order valence-electron chi connectivity index (χ4n) is 3.13. The van der Waals surface area contributed by atoms with Gasteiger partial charge in [0.15, 0.2) is 0 Å². The standard InChI is InChI=1S/C17H24N2O2S/c1-2-3-7-16(20)19-12-17(13-19)9-15(11-22-17)21-10-14-6-4-5-8-18-14/h4-6,8,15H,2-3,7,9-13H2,1H3/t15-/m1/s1. The van der Waals surface area contributed by atoms with E-state index in [4.69, 9.17) is 4.74 Å². The molecule has 1 amide bonds. The highest BCUT2D eigenvalue weighted by Crippen LogP contribution is 2.46. The Kier molecular flexibility index (Phi) is 5.03. The van der Waals surface area contributed by atoms with Crippen LogP contribution in [0.5, 0.6) is 0 Å². The Morgan fingerprint density at radius 1 is 1.50 bits per heavy atom. The maximum Gasteiger partial charge on any atom is 0.222 e. The third-order valence-electron chi connectivity index (χ3n) is 4.42. The predicted molar refractivity (Wildman–Crippen MR) is 88.7 cm³/mol. The van der Waals surface area contributed by atoms with Gasteiger partial charge in [-0.25, -0.2) is 0 Å². The molecule has 1 aromatic rings. The molecule has 2 aliphatic heterocycles. The first-order chi connectivity index (χ1) is 10.7. The van der Waals surface area contributed by atoms with Crippen molar-refractivity contribution in [3.63, 3.8) is 0 Å². The fourth-order valence-corrected chi connectivity index (χ4v) is 4.68. The molecular weight excluding hydrogens is 296 g/mol. The number of ether oxygens (including phenoxy) is 1. The molecule has 120 valence electrons. The molecular formula is C17H24N2O2S. The summed E-state index contributed by atoms with van der Waals surface area (Å²) in [5, 5.41) is 0. The summed E-state index contributed by atoms with van der Waals surface area (Å²) in [7, 11) is 0. The molecule has 0 radical (unpaired) electrons. The third-order valence-corrected chi connectivity index (χ3v) is 6.00. The Hall–Kier alpha value is -1.07. The van der Waals surface area contributed by atoms with Crippen molar-refractivity contribution < 1.29 is 9.53 Å². The number of carbonyl (C=O) groups is 1. The lowest BCUT2D eigenvalue weighted by Gasteiger charge is -2.47. The largest absolute Gasteiger partial charge is 0.371 e. The van der Waals surface area contributed by atoms with E-state index in [9.17, 15) is 4.79 Å². The molecule has 5 heteroatoms. The Bertz CT molecular complexity index is 503. The smallest absolute Gasteiger partial charge is 0.222 e. The van der Waals surface area contributed by atoms with Crippen molar-refractivity contribution in [2.75, 3.05) is 18.8 Å². The normalized spacial score (nSPS) is 22.8. The van der Waals surface area contributed by atoms with Crippen molar-refractivity contribution in [2.45, 2.75) is 50.1 Å². The summed E-state index contributed by atoms with van der Waals surface area (Å²) in [5.41, 5.74) is 0.985. The van der Waals surface area contributed by atoms with E-state index in [-0.39, 0.29) is 4.75 Å². The van der Waals surface area contributed by atoms with Crippen molar-refractivity contribution >= 4 is 17.7 Å². The Labute approximate surface area is 136 Å². The van der Waals surface area contributed by atoms with Gasteiger partial charge in [-0.15, -0.1) is 11.8 Å². The van der Waals surface area contributed by atoms with Crippen molar-refractivity contribution in [2.24, 2.45) is 0 Å². The number of unbranched alkanes of at least 4 members (excludes halogenated alkanes) is 1. The number of hydrogen-bond donors (Lipinski definition) is 0. The number of carbonyl (C=O) groups excluding carboxylic acids is 1. The van der Waals surface area contributed by atoms with Crippen LogP contribution in [0.2, 0.25) is 0 Å². The van der Waals surface area contributed by atoms with Crippen LogP contribution < -0.4 is 0 Å². The van der Waals surface area contributed by atoms with Gasteiger partial charge < -0.3 is 9.64 Å². The second-order valence-corrected chi connectivity index (χ2v) is 7.79. The molecule has 0 saturated carbocycles. The Morgan fingerprint density at radius 3 is 3.09 bits per heavy atom. The number of hydrogen-bond acceptors (Lipinski definition) is 4. The van der Waals surface area contributed by atoms with Crippen molar-refractivity contribution in [3.8, 4) is 0 Å². The van der Waals surface area contributed by atoms with E-state index >= 15 is 0 Å². The summed E-state index contributed by atoms with van der Waals surface area (Å²) >= 11 is 1.98. The monoisotopic (exact) mass is 320 g/mol. The van der Waals surface area contributed by atoms with Crippen LogP contribution in [0.4, 0.5) is 0 Å². The number of aromatic nitrogens is 1. The maximum atomic E-state index is 12.0. The molecule has 2 aliphatic rings. The van der Waals surface area contributed by atoms with Gasteiger partial charge in [-0.1, -0.05) is 19.4 Å². The van der Waals surface area contributed by atoms with Crippen molar-refractivity contribution in [3.05, 3.63) is 30.1 Å². The van der Waals surface area contributed by atoms with Gasteiger partial charge in [0.25, 0.3) is 0 Å². The van der Waals surface area contributed by atoms with Gasteiger partial charge >= 0.3 is 0 Å². The number of likely N-dealkylation sites (tertiary alicyclic amines) is 1. The lowest BCUT2D eigenvalue weighted by molar-refractivity contribution is -0.136. The van der Waals surface area contributed by atoms with Crippen LogP contribution in [0.15, 0.2) is 24.4 Å². The minimum atomic E-state index is 0.261. The highest BCUT2D eigenvalue weighted by Gasteiger charge is 2.50. The number of nitrogens with zero attached hydrogens (tertiary/aromatic N) is 2. The molecule has 2 fully saturated rings. The highest BCUT2D eigenvalue weighted by atomic mass is 32.2. The summed E-state index contributed by atoms with van der Waals surface area (Å²) in [4.78, 5) is 18.3. The van der Waals surface area contributed by atoms with Crippen LogP contribution in [-0.4, -0.2) is 45.5 Å². The first-order valence-electron chi connectivity index (χ1n) is 8.14. The molecule has 1 aromatic heterocycles. The molecule has 0 aromatic carbocycles. The van der Waals surface area contributed by atoms with E-state index in [0.717, 1.165) is 43.8 Å². The van der Waals surface area contributed by atoms with Crippen LogP contribution >= 0.6 is 11.8 Å². The molecule has 22 heavy (non-hydrogen) atoms. The zero-order valence-corrected chi connectivity index (χ0v) is 14.0. The first-order valence-corrected chi connectivity index (χ1v) is 9.12. The van der Waals surface area contributed by atoms with Crippen LogP contribution in [-0.2, 0) is 16.1 Å². The quantitative estimate of drug-likeness (QED) is 0.808. The minimum absolute atomic E-state index is 0.261. The minimum Gasteiger partial charge on any atom is -0.371 e. The number of rotatable bonds is 6. The molecule has 3 heterocycles. The Balaban J connectivity index is 1.41. The number of thioether (sulfide) groups is 1. The van der Waals surface area contributed by atoms with Gasteiger partial charge in [0.05, 0.1) is 23.2 Å². The first kappa shape index (κ1) is 15.8. The topological polar surface area (TPSA) is 42.4 Å². The van der Waals surface area contributed by atoms with E-state index in [0.29, 0.717) is 25.0 Å². The summed E-state index contributed by atoms with van der Waals surface area (Å²) in [6.45, 7) is 4.52. The summed E-state index contributed by atoms with van der Waals surface area (Å²) in [5.74, 6) is 1.36. The van der Waals surface area contributed by atoms with Gasteiger partial charge in [0, 0.05) is 31.5 Å². The zero-order valence-electron chi connectivity index (χ0n) is 13.2. The SMILES string of the molecule is CCCCC(=O)N1CC2(C[C@@H](OCc3ccccn3)CS2)C1. The van der Waals surface area contributed by atoms with Crippen LogP contribution in [0.1, 0.15) is 38.3 Å². The lowest BCUT2D eigenvalue weighted by atomic mass is 9.92. The molecule has 3 rings (SSSR count). The van der Waals surface area contributed by atoms with Crippen molar-refractivity contribution in [1.29, 1.82) is 0 Å². The van der Waals surface area contributed by atoms with E-state index in [1.165, 1.54) is 0 Å². The van der Waals surface area contributed by atoms with Crippen LogP contribution in [0.3, 0.4) is 0 Å². The van der Waals surface area contributed by atoms with E-state index in [1.54, 1.807) is 6.20 Å². The fraction of sp³-hybridized carbons (Fsp3) is 0.647. The number of amides is 1. The van der Waals surface area contributed by atoms with E-state index in [2.05, 4.69) is 11.9 Å². The highest BCUT2D eigenvalue weighted by molar-refractivity contribution is 8.01. The van der Waals surface area contributed by atoms with Gasteiger partial charge in [-0.3, -0.25) is 9.78 Å². The second-order valence-electron chi connectivity index (χ2n) is 6.31. The molecule has 4 nitrogen and oxygen atoms in total. The predicted octanol–water partition coefficient (Wildman–Crippen LogP) is 2.87. The summed E-state index contributed by atoms with van der Waals surface area (Å²) in [6, 6.07) is 5.90. The average molecular weight is 320 g/mol. The zero-order chi connectivity index (χ0) is 15.4. The number of pyridine rings is 1. The third kappa shape index (κ3) is 3.63. The lowest BCUT2D eigenvalue weighted by Crippen LogP contribution is -2.60. The molecule has 0 aliphatic carbocycles. The van der Waals surface area contributed by atoms with E-state index < -0.39 is 0 Å². The van der Waals surface area contributed by atoms with Gasteiger partial charge in [0.2, 0.25) is 5.91 Å². The van der Waals surface area contributed by atoms with Crippen LogP contribution in [0, 0.1) is 0 Å². The summed E-state index contributed by atoms with van der Waals surface area (Å²) < 4.78 is 6.25. The molecule has 1 atom stereocenters. The average Bonchev–Trinajstić information content (AvgIpc) is 2.95. The van der Waals surface area contributed by atoms with Crippen molar-refractivity contribution in [1.82, 2.24) is 9.88 Å². The van der Waals surface area contributed by atoms with E-state index in [1.807, 2.05) is 34.9 Å². The van der Waals surface area contributed by atoms with Crippen LogP contribution in [0.25, 0.3) is 0 Å². The molecule has 2 saturated heterocycles. The molecule has 1 spiro atoms.